The molecule has 2 atom stereocenters. The van der Waals surface area contributed by atoms with Gasteiger partial charge in [0.1, 0.15) is 0 Å². The zero-order valence-corrected chi connectivity index (χ0v) is 8.38. The number of carbonyl (C=O) groups excluding carboxylic acids is 2. The van der Waals surface area contributed by atoms with Crippen LogP contribution in [0.4, 0.5) is 0 Å². The maximum Gasteiger partial charge on any atom is 0.234 e. The fraction of sp³-hybridized carbons (Fsp3) is 0.778. The minimum absolute atomic E-state index is 0.0789. The SMILES string of the molecule is CCC(NC1CCC(=O)NC1)C(N)=O. The Hall–Kier alpha value is -1.10. The molecule has 0 saturated carbocycles. The summed E-state index contributed by atoms with van der Waals surface area (Å²) in [7, 11) is 0. The smallest absolute Gasteiger partial charge is 0.234 e. The third-order valence-electron chi connectivity index (χ3n) is 2.45. The maximum absolute atomic E-state index is 10.9. The zero-order valence-electron chi connectivity index (χ0n) is 8.38. The number of nitrogens with one attached hydrogen (secondary N) is 2. The monoisotopic (exact) mass is 199 g/mol. The summed E-state index contributed by atoms with van der Waals surface area (Å²) in [6.07, 6.45) is 1.97. The Morgan fingerprint density at radius 2 is 2.50 bits per heavy atom. The molecule has 5 heteroatoms. The molecular weight excluding hydrogens is 182 g/mol. The Labute approximate surface area is 83.4 Å². The zero-order chi connectivity index (χ0) is 10.6. The Bertz CT molecular complexity index is 220. The van der Waals surface area contributed by atoms with Crippen LogP contribution in [0.1, 0.15) is 26.2 Å². The molecule has 5 nitrogen and oxygen atoms in total. The lowest BCUT2D eigenvalue weighted by atomic mass is 10.1. The van der Waals surface area contributed by atoms with Gasteiger partial charge in [0.05, 0.1) is 6.04 Å². The Morgan fingerprint density at radius 3 is 2.93 bits per heavy atom. The van der Waals surface area contributed by atoms with E-state index in [4.69, 9.17) is 5.73 Å². The van der Waals surface area contributed by atoms with Crippen molar-refractivity contribution in [3.05, 3.63) is 0 Å². The Balaban J connectivity index is 2.36. The first-order chi connectivity index (χ1) is 6.63. The molecule has 1 fully saturated rings. The summed E-state index contributed by atoms with van der Waals surface area (Å²) in [5.74, 6) is -0.250. The van der Waals surface area contributed by atoms with E-state index in [1.807, 2.05) is 6.92 Å². The fourth-order valence-electron chi connectivity index (χ4n) is 1.56. The lowest BCUT2D eigenvalue weighted by molar-refractivity contribution is -0.122. The van der Waals surface area contributed by atoms with E-state index in [1.54, 1.807) is 0 Å². The van der Waals surface area contributed by atoms with Crippen molar-refractivity contribution in [2.45, 2.75) is 38.3 Å². The number of hydrogen-bond donors (Lipinski definition) is 3. The van der Waals surface area contributed by atoms with E-state index < -0.39 is 0 Å². The quantitative estimate of drug-likeness (QED) is 0.549. The standard InChI is InChI=1S/C9H17N3O2/c1-2-7(9(10)14)12-6-3-4-8(13)11-5-6/h6-7,12H,2-5H2,1H3,(H2,10,14)(H,11,13). The molecular formula is C9H17N3O2. The van der Waals surface area contributed by atoms with Crippen molar-refractivity contribution in [3.63, 3.8) is 0 Å². The van der Waals surface area contributed by atoms with Crippen molar-refractivity contribution in [3.8, 4) is 0 Å². The molecule has 0 aliphatic carbocycles. The number of nitrogens with two attached hydrogens (primary N) is 1. The molecule has 1 heterocycles. The van der Waals surface area contributed by atoms with E-state index in [0.29, 0.717) is 19.4 Å². The van der Waals surface area contributed by atoms with E-state index in [2.05, 4.69) is 10.6 Å². The van der Waals surface area contributed by atoms with Crippen molar-refractivity contribution in [1.82, 2.24) is 10.6 Å². The van der Waals surface area contributed by atoms with Crippen LogP contribution < -0.4 is 16.4 Å². The van der Waals surface area contributed by atoms with Gasteiger partial charge in [0.25, 0.3) is 0 Å². The highest BCUT2D eigenvalue weighted by Gasteiger charge is 2.22. The summed E-state index contributed by atoms with van der Waals surface area (Å²) in [5.41, 5.74) is 5.20. The first-order valence-corrected chi connectivity index (χ1v) is 4.95. The molecule has 0 bridgehead atoms. The molecule has 1 aliphatic heterocycles. The van der Waals surface area contributed by atoms with Crippen molar-refractivity contribution >= 4 is 11.8 Å². The Kier molecular flexibility index (Phi) is 3.88. The number of rotatable bonds is 4. The van der Waals surface area contributed by atoms with Gasteiger partial charge in [-0.25, -0.2) is 0 Å². The summed E-state index contributed by atoms with van der Waals surface area (Å²) in [6, 6.07) is -0.111. The highest BCUT2D eigenvalue weighted by atomic mass is 16.2. The van der Waals surface area contributed by atoms with Crippen LogP contribution in [0.3, 0.4) is 0 Å². The highest BCUT2D eigenvalue weighted by Crippen LogP contribution is 2.04. The summed E-state index contributed by atoms with van der Waals surface area (Å²) >= 11 is 0. The van der Waals surface area contributed by atoms with Gasteiger partial charge in [-0.05, 0) is 12.8 Å². The van der Waals surface area contributed by atoms with Crippen molar-refractivity contribution in [2.24, 2.45) is 5.73 Å². The molecule has 1 aliphatic rings. The molecule has 1 rings (SSSR count). The summed E-state index contributed by atoms with van der Waals surface area (Å²) < 4.78 is 0. The van der Waals surface area contributed by atoms with Gasteiger partial charge >= 0.3 is 0 Å². The van der Waals surface area contributed by atoms with Crippen LogP contribution in [0.2, 0.25) is 0 Å². The van der Waals surface area contributed by atoms with Gasteiger partial charge in [-0.15, -0.1) is 0 Å². The van der Waals surface area contributed by atoms with Crippen LogP contribution in [-0.2, 0) is 9.59 Å². The highest BCUT2D eigenvalue weighted by molar-refractivity contribution is 5.80. The minimum Gasteiger partial charge on any atom is -0.368 e. The van der Waals surface area contributed by atoms with E-state index in [-0.39, 0.29) is 23.9 Å². The van der Waals surface area contributed by atoms with Crippen LogP contribution >= 0.6 is 0 Å². The summed E-state index contributed by atoms with van der Waals surface area (Å²) in [6.45, 7) is 2.49. The lowest BCUT2D eigenvalue weighted by Crippen LogP contribution is -2.52. The minimum atomic E-state index is -0.329. The van der Waals surface area contributed by atoms with E-state index in [1.165, 1.54) is 0 Å². The first-order valence-electron chi connectivity index (χ1n) is 4.95. The largest absolute Gasteiger partial charge is 0.368 e. The number of piperidine rings is 1. The number of carbonyl (C=O) groups is 2. The van der Waals surface area contributed by atoms with Gasteiger partial charge in [-0.1, -0.05) is 6.92 Å². The second kappa shape index (κ2) is 4.95. The van der Waals surface area contributed by atoms with Crippen LogP contribution in [0.15, 0.2) is 0 Å². The third kappa shape index (κ3) is 2.99. The molecule has 14 heavy (non-hydrogen) atoms. The molecule has 0 aromatic rings. The molecule has 0 aromatic heterocycles. The van der Waals surface area contributed by atoms with Crippen molar-refractivity contribution in [2.75, 3.05) is 6.54 Å². The molecule has 0 spiro atoms. The van der Waals surface area contributed by atoms with E-state index >= 15 is 0 Å². The number of primary amides is 1. The normalized spacial score (nSPS) is 24.1. The summed E-state index contributed by atoms with van der Waals surface area (Å²) in [4.78, 5) is 21.8. The van der Waals surface area contributed by atoms with Gasteiger partial charge in [0.2, 0.25) is 11.8 Å². The molecule has 0 radical (unpaired) electrons. The van der Waals surface area contributed by atoms with Crippen molar-refractivity contribution in [1.29, 1.82) is 0 Å². The van der Waals surface area contributed by atoms with Gasteiger partial charge in [-0.2, -0.15) is 0 Å². The topological polar surface area (TPSA) is 84.2 Å². The maximum atomic E-state index is 10.9. The summed E-state index contributed by atoms with van der Waals surface area (Å²) in [5, 5.41) is 5.88. The molecule has 1 saturated heterocycles. The van der Waals surface area contributed by atoms with E-state index in [9.17, 15) is 9.59 Å². The lowest BCUT2D eigenvalue weighted by Gasteiger charge is -2.26. The molecule has 4 N–H and O–H groups in total. The first kappa shape index (κ1) is 11.0. The van der Waals surface area contributed by atoms with Gasteiger partial charge < -0.3 is 16.4 Å². The van der Waals surface area contributed by atoms with Gasteiger partial charge in [0, 0.05) is 19.0 Å². The van der Waals surface area contributed by atoms with Crippen LogP contribution in [0, 0.1) is 0 Å². The molecule has 0 aromatic carbocycles. The molecule has 80 valence electrons. The number of amides is 2. The van der Waals surface area contributed by atoms with Gasteiger partial charge in [0.15, 0.2) is 0 Å². The molecule has 2 amide bonds. The second-order valence-electron chi connectivity index (χ2n) is 3.57. The Morgan fingerprint density at radius 1 is 1.79 bits per heavy atom. The van der Waals surface area contributed by atoms with Crippen LogP contribution in [0.25, 0.3) is 0 Å². The van der Waals surface area contributed by atoms with Crippen LogP contribution in [0.5, 0.6) is 0 Å². The second-order valence-corrected chi connectivity index (χ2v) is 3.57. The van der Waals surface area contributed by atoms with Crippen molar-refractivity contribution < 1.29 is 9.59 Å². The average molecular weight is 199 g/mol. The molecule has 2 unspecified atom stereocenters. The third-order valence-corrected chi connectivity index (χ3v) is 2.45. The fourth-order valence-corrected chi connectivity index (χ4v) is 1.56. The number of hydrogen-bond acceptors (Lipinski definition) is 3. The predicted molar refractivity (Wildman–Crippen MR) is 52.4 cm³/mol. The van der Waals surface area contributed by atoms with Crippen LogP contribution in [-0.4, -0.2) is 30.4 Å². The van der Waals surface area contributed by atoms with Gasteiger partial charge in [-0.3, -0.25) is 9.59 Å². The average Bonchev–Trinajstić information content (AvgIpc) is 2.16. The van der Waals surface area contributed by atoms with E-state index in [0.717, 1.165) is 6.42 Å². The predicted octanol–water partition coefficient (Wildman–Crippen LogP) is -0.881.